The van der Waals surface area contributed by atoms with Gasteiger partial charge < -0.3 is 5.32 Å². The Morgan fingerprint density at radius 3 is 2.39 bits per heavy atom. The van der Waals surface area contributed by atoms with Crippen molar-refractivity contribution in [3.8, 4) is 0 Å². The van der Waals surface area contributed by atoms with Crippen molar-refractivity contribution in [3.05, 3.63) is 94.9 Å². The first-order valence-electron chi connectivity index (χ1n) is 11.0. The van der Waals surface area contributed by atoms with E-state index in [1.807, 2.05) is 53.1 Å². The number of hydrogen-bond donors (Lipinski definition) is 1. The Bertz CT molecular complexity index is 1170. The molecule has 0 aliphatic carbocycles. The minimum absolute atomic E-state index is 0.0406. The highest BCUT2D eigenvalue weighted by atomic mass is 16.1. The van der Waals surface area contributed by atoms with Gasteiger partial charge in [-0.25, -0.2) is 4.98 Å². The molecule has 1 atom stereocenters. The molecule has 1 unspecified atom stereocenters. The van der Waals surface area contributed by atoms with Gasteiger partial charge in [0.05, 0.1) is 6.04 Å². The van der Waals surface area contributed by atoms with Crippen LogP contribution >= 0.6 is 0 Å². The summed E-state index contributed by atoms with van der Waals surface area (Å²) in [5, 5.41) is 4.10. The highest BCUT2D eigenvalue weighted by Gasteiger charge is 2.18. The smallest absolute Gasteiger partial charge is 0.252 e. The molecule has 0 bridgehead atoms. The highest BCUT2D eigenvalue weighted by Crippen LogP contribution is 2.27. The SMILES string of the molecule is CCCCCCC(c1ccccc1)n1c(=O)ccc2cnc(Nc3ccccc3)nc21. The number of nitrogens with zero attached hydrogens (tertiary/aromatic N) is 3. The van der Waals surface area contributed by atoms with Gasteiger partial charge in [-0.05, 0) is 30.2 Å². The predicted octanol–water partition coefficient (Wildman–Crippen LogP) is 6.09. The monoisotopic (exact) mass is 412 g/mol. The van der Waals surface area contributed by atoms with E-state index in [9.17, 15) is 4.79 Å². The van der Waals surface area contributed by atoms with Gasteiger partial charge in [0, 0.05) is 23.3 Å². The Morgan fingerprint density at radius 1 is 0.903 bits per heavy atom. The summed E-state index contributed by atoms with van der Waals surface area (Å²) in [7, 11) is 0. The summed E-state index contributed by atoms with van der Waals surface area (Å²) < 4.78 is 1.84. The molecule has 5 heteroatoms. The zero-order valence-electron chi connectivity index (χ0n) is 17.9. The van der Waals surface area contributed by atoms with Crippen LogP contribution in [0.3, 0.4) is 0 Å². The Morgan fingerprint density at radius 2 is 1.65 bits per heavy atom. The van der Waals surface area contributed by atoms with Gasteiger partial charge in [0.15, 0.2) is 0 Å². The van der Waals surface area contributed by atoms with Crippen LogP contribution < -0.4 is 10.9 Å². The molecule has 0 saturated carbocycles. The molecule has 5 nitrogen and oxygen atoms in total. The van der Waals surface area contributed by atoms with Crippen molar-refractivity contribution in [2.24, 2.45) is 0 Å². The predicted molar refractivity (Wildman–Crippen MR) is 127 cm³/mol. The summed E-state index contributed by atoms with van der Waals surface area (Å²) in [5.41, 5.74) is 2.65. The van der Waals surface area contributed by atoms with Crippen molar-refractivity contribution >= 4 is 22.7 Å². The maximum atomic E-state index is 13.1. The average molecular weight is 413 g/mol. The number of benzene rings is 2. The second kappa shape index (κ2) is 10.0. The normalized spacial score (nSPS) is 12.0. The highest BCUT2D eigenvalue weighted by molar-refractivity contribution is 5.76. The van der Waals surface area contributed by atoms with E-state index in [1.54, 1.807) is 18.3 Å². The minimum atomic E-state index is -0.0614. The van der Waals surface area contributed by atoms with Crippen LogP contribution in [0.15, 0.2) is 83.8 Å². The summed E-state index contributed by atoms with van der Waals surface area (Å²) in [6.07, 6.45) is 7.30. The number of pyridine rings is 1. The topological polar surface area (TPSA) is 59.8 Å². The van der Waals surface area contributed by atoms with Crippen LogP contribution in [0.5, 0.6) is 0 Å². The second-order valence-corrected chi connectivity index (χ2v) is 7.78. The quantitative estimate of drug-likeness (QED) is 0.338. The number of unbranched alkanes of at least 4 members (excludes halogenated alkanes) is 3. The molecule has 2 heterocycles. The molecular formula is C26H28N4O. The van der Waals surface area contributed by atoms with Crippen LogP contribution in [0.4, 0.5) is 11.6 Å². The third-order valence-electron chi connectivity index (χ3n) is 5.52. The molecule has 2 aromatic heterocycles. The fourth-order valence-electron chi connectivity index (χ4n) is 3.93. The number of nitrogens with one attached hydrogen (secondary N) is 1. The van der Waals surface area contributed by atoms with Gasteiger partial charge in [0.2, 0.25) is 5.95 Å². The van der Waals surface area contributed by atoms with Gasteiger partial charge in [-0.1, -0.05) is 81.1 Å². The molecule has 0 amide bonds. The van der Waals surface area contributed by atoms with Gasteiger partial charge in [-0.3, -0.25) is 9.36 Å². The minimum Gasteiger partial charge on any atom is -0.324 e. The second-order valence-electron chi connectivity index (χ2n) is 7.78. The van der Waals surface area contributed by atoms with Gasteiger partial charge in [0.25, 0.3) is 5.56 Å². The van der Waals surface area contributed by atoms with Crippen molar-refractivity contribution in [1.82, 2.24) is 14.5 Å². The van der Waals surface area contributed by atoms with Crippen LogP contribution in [0.2, 0.25) is 0 Å². The van der Waals surface area contributed by atoms with Crippen LogP contribution in [0.25, 0.3) is 11.0 Å². The molecule has 1 N–H and O–H groups in total. The first kappa shape index (κ1) is 20.8. The van der Waals surface area contributed by atoms with Gasteiger partial charge >= 0.3 is 0 Å². The number of rotatable bonds is 9. The maximum absolute atomic E-state index is 13.1. The third-order valence-corrected chi connectivity index (χ3v) is 5.52. The maximum Gasteiger partial charge on any atom is 0.252 e. The lowest BCUT2D eigenvalue weighted by atomic mass is 9.99. The zero-order valence-corrected chi connectivity index (χ0v) is 17.9. The Balaban J connectivity index is 1.77. The zero-order chi connectivity index (χ0) is 21.5. The molecule has 0 aliphatic rings. The molecule has 0 aliphatic heterocycles. The molecule has 4 rings (SSSR count). The van der Waals surface area contributed by atoms with Gasteiger partial charge in [-0.15, -0.1) is 0 Å². The van der Waals surface area contributed by atoms with E-state index in [0.717, 1.165) is 35.9 Å². The fourth-order valence-corrected chi connectivity index (χ4v) is 3.93. The van der Waals surface area contributed by atoms with Crippen LogP contribution in [0.1, 0.15) is 50.6 Å². The molecular weight excluding hydrogens is 384 g/mol. The van der Waals surface area contributed by atoms with Gasteiger partial charge in [-0.2, -0.15) is 4.98 Å². The lowest BCUT2D eigenvalue weighted by Crippen LogP contribution is -2.26. The molecule has 0 radical (unpaired) electrons. The molecule has 0 saturated heterocycles. The Kier molecular flexibility index (Phi) is 6.72. The van der Waals surface area contributed by atoms with Crippen LogP contribution in [-0.4, -0.2) is 14.5 Å². The van der Waals surface area contributed by atoms with Crippen molar-refractivity contribution in [2.45, 2.75) is 45.1 Å². The molecule has 0 fully saturated rings. The van der Waals surface area contributed by atoms with E-state index in [0.29, 0.717) is 11.6 Å². The summed E-state index contributed by atoms with van der Waals surface area (Å²) >= 11 is 0. The van der Waals surface area contributed by atoms with E-state index in [-0.39, 0.29) is 11.6 Å². The Hall–Kier alpha value is -3.47. The van der Waals surface area contributed by atoms with Crippen molar-refractivity contribution in [2.75, 3.05) is 5.32 Å². The van der Waals surface area contributed by atoms with Crippen molar-refractivity contribution in [3.63, 3.8) is 0 Å². The van der Waals surface area contributed by atoms with Crippen LogP contribution in [0, 0.1) is 0 Å². The van der Waals surface area contributed by atoms with E-state index >= 15 is 0 Å². The van der Waals surface area contributed by atoms with E-state index in [4.69, 9.17) is 4.98 Å². The van der Waals surface area contributed by atoms with Crippen molar-refractivity contribution < 1.29 is 0 Å². The summed E-state index contributed by atoms with van der Waals surface area (Å²) in [6.45, 7) is 2.21. The molecule has 31 heavy (non-hydrogen) atoms. The average Bonchev–Trinajstić information content (AvgIpc) is 2.81. The number of aromatic nitrogens is 3. The number of anilines is 2. The van der Waals surface area contributed by atoms with E-state index < -0.39 is 0 Å². The first-order valence-corrected chi connectivity index (χ1v) is 11.0. The largest absolute Gasteiger partial charge is 0.324 e. The molecule has 0 spiro atoms. The van der Waals surface area contributed by atoms with E-state index in [1.165, 1.54) is 12.8 Å². The lowest BCUT2D eigenvalue weighted by Gasteiger charge is -2.22. The standard InChI is InChI=1S/C26H28N4O/c1-2-3-4-11-16-23(20-12-7-5-8-13-20)30-24(31)18-17-21-19-27-26(29-25(21)30)28-22-14-9-6-10-15-22/h5-10,12-15,17-19,23H,2-4,11,16H2,1H3,(H,27,28,29). The Labute approximate surface area is 182 Å². The lowest BCUT2D eigenvalue weighted by molar-refractivity contribution is 0.497. The third kappa shape index (κ3) is 5.00. The van der Waals surface area contributed by atoms with Crippen LogP contribution in [-0.2, 0) is 0 Å². The summed E-state index contributed by atoms with van der Waals surface area (Å²) in [5.74, 6) is 0.482. The van der Waals surface area contributed by atoms with E-state index in [2.05, 4.69) is 29.4 Å². The first-order chi connectivity index (χ1) is 15.3. The molecule has 158 valence electrons. The number of hydrogen-bond acceptors (Lipinski definition) is 4. The number of para-hydroxylation sites is 1. The number of fused-ring (bicyclic) bond motifs is 1. The molecule has 2 aromatic carbocycles. The summed E-state index contributed by atoms with van der Waals surface area (Å²) in [6, 6.07) is 23.4. The van der Waals surface area contributed by atoms with Crippen molar-refractivity contribution in [1.29, 1.82) is 0 Å². The summed E-state index contributed by atoms with van der Waals surface area (Å²) in [4.78, 5) is 22.3. The molecule has 4 aromatic rings. The van der Waals surface area contributed by atoms with Gasteiger partial charge in [0.1, 0.15) is 5.65 Å². The fraction of sp³-hybridized carbons (Fsp3) is 0.269.